The first-order valence-corrected chi connectivity index (χ1v) is 6.54. The van der Waals surface area contributed by atoms with E-state index in [0.717, 1.165) is 5.56 Å². The minimum absolute atomic E-state index is 0.352. The zero-order valence-corrected chi connectivity index (χ0v) is 11.7. The van der Waals surface area contributed by atoms with Gasteiger partial charge < -0.3 is 13.9 Å². The Morgan fingerprint density at radius 3 is 2.41 bits per heavy atom. The van der Waals surface area contributed by atoms with Gasteiger partial charge in [-0.05, 0) is 42.0 Å². The molecule has 2 aromatic carbocycles. The third-order valence-corrected chi connectivity index (χ3v) is 3.29. The van der Waals surface area contributed by atoms with Crippen molar-refractivity contribution in [3.63, 3.8) is 0 Å². The van der Waals surface area contributed by atoms with Crippen LogP contribution in [-0.2, 0) is 4.79 Å². The van der Waals surface area contributed by atoms with Crippen molar-refractivity contribution in [2.75, 3.05) is 7.11 Å². The van der Waals surface area contributed by atoms with Crippen LogP contribution < -0.4 is 15.1 Å². The van der Waals surface area contributed by atoms with Gasteiger partial charge in [-0.2, -0.15) is 0 Å². The highest BCUT2D eigenvalue weighted by molar-refractivity contribution is 5.83. The third kappa shape index (κ3) is 2.56. The third-order valence-electron chi connectivity index (χ3n) is 3.29. The number of ether oxygens (including phenoxy) is 2. The Kier molecular flexibility index (Phi) is 3.62. The first-order chi connectivity index (χ1) is 10.7. The Morgan fingerprint density at radius 2 is 1.73 bits per heavy atom. The summed E-state index contributed by atoms with van der Waals surface area (Å²) in [5.41, 5.74) is 1.15. The number of benzene rings is 2. The van der Waals surface area contributed by atoms with Crippen LogP contribution in [0.1, 0.15) is 0 Å². The Hall–Kier alpha value is -3.08. The van der Waals surface area contributed by atoms with Crippen LogP contribution in [0.2, 0.25) is 0 Å². The SMILES string of the molecule is COc1ccc(-c2cc3cc(OC=O)ccc3oc2=O)cc1. The molecule has 0 saturated carbocycles. The summed E-state index contributed by atoms with van der Waals surface area (Å²) in [4.78, 5) is 22.5. The van der Waals surface area contributed by atoms with Gasteiger partial charge in [0.15, 0.2) is 0 Å². The zero-order valence-electron chi connectivity index (χ0n) is 11.7. The maximum atomic E-state index is 12.1. The predicted molar refractivity (Wildman–Crippen MR) is 81.2 cm³/mol. The molecule has 0 aliphatic rings. The minimum atomic E-state index is -0.429. The van der Waals surface area contributed by atoms with Crippen molar-refractivity contribution in [3.8, 4) is 22.6 Å². The molecule has 0 N–H and O–H groups in total. The van der Waals surface area contributed by atoms with E-state index in [1.54, 1.807) is 55.6 Å². The quantitative estimate of drug-likeness (QED) is 0.547. The van der Waals surface area contributed by atoms with Crippen molar-refractivity contribution >= 4 is 17.4 Å². The lowest BCUT2D eigenvalue weighted by Crippen LogP contribution is -2.02. The Bertz CT molecular complexity index is 878. The van der Waals surface area contributed by atoms with Gasteiger partial charge in [0.2, 0.25) is 0 Å². The smallest absolute Gasteiger partial charge is 0.344 e. The number of rotatable bonds is 4. The molecule has 0 radical (unpaired) electrons. The lowest BCUT2D eigenvalue weighted by Gasteiger charge is -2.05. The summed E-state index contributed by atoms with van der Waals surface area (Å²) in [6.07, 6.45) is 0. The molecule has 1 aromatic heterocycles. The molecule has 0 unspecified atom stereocenters. The summed E-state index contributed by atoms with van der Waals surface area (Å²) >= 11 is 0. The molecule has 3 rings (SSSR count). The molecule has 0 amide bonds. The topological polar surface area (TPSA) is 65.7 Å². The largest absolute Gasteiger partial charge is 0.497 e. The second-order valence-electron chi connectivity index (χ2n) is 4.59. The van der Waals surface area contributed by atoms with Gasteiger partial charge in [0.25, 0.3) is 6.47 Å². The minimum Gasteiger partial charge on any atom is -0.497 e. The van der Waals surface area contributed by atoms with Crippen molar-refractivity contribution in [2.24, 2.45) is 0 Å². The fraction of sp³-hybridized carbons (Fsp3) is 0.0588. The molecule has 5 heteroatoms. The fourth-order valence-electron chi connectivity index (χ4n) is 2.20. The molecule has 1 heterocycles. The van der Waals surface area contributed by atoms with Crippen LogP contribution in [-0.4, -0.2) is 13.6 Å². The van der Waals surface area contributed by atoms with Crippen LogP contribution in [0.5, 0.6) is 11.5 Å². The highest BCUT2D eigenvalue weighted by Crippen LogP contribution is 2.25. The van der Waals surface area contributed by atoms with E-state index in [-0.39, 0.29) is 0 Å². The van der Waals surface area contributed by atoms with Crippen LogP contribution in [0.4, 0.5) is 0 Å². The monoisotopic (exact) mass is 296 g/mol. The number of fused-ring (bicyclic) bond motifs is 1. The Morgan fingerprint density at radius 1 is 1.00 bits per heavy atom. The first-order valence-electron chi connectivity index (χ1n) is 6.54. The van der Waals surface area contributed by atoms with Gasteiger partial charge in [-0.1, -0.05) is 12.1 Å². The average Bonchev–Trinajstić information content (AvgIpc) is 2.55. The van der Waals surface area contributed by atoms with Crippen molar-refractivity contribution in [3.05, 3.63) is 59.0 Å². The molecule has 5 nitrogen and oxygen atoms in total. The molecule has 0 atom stereocenters. The van der Waals surface area contributed by atoms with E-state index in [1.807, 2.05) is 0 Å². The summed E-state index contributed by atoms with van der Waals surface area (Å²) in [6, 6.07) is 13.6. The number of methoxy groups -OCH3 is 1. The molecule has 0 aliphatic carbocycles. The summed E-state index contributed by atoms with van der Waals surface area (Å²) < 4.78 is 15.2. The van der Waals surface area contributed by atoms with E-state index in [1.165, 1.54) is 0 Å². The lowest BCUT2D eigenvalue weighted by molar-refractivity contribution is -0.120. The molecule has 0 saturated heterocycles. The molecular weight excluding hydrogens is 284 g/mol. The van der Waals surface area contributed by atoms with Crippen LogP contribution >= 0.6 is 0 Å². The maximum absolute atomic E-state index is 12.1. The average molecular weight is 296 g/mol. The lowest BCUT2D eigenvalue weighted by atomic mass is 10.1. The van der Waals surface area contributed by atoms with Crippen LogP contribution in [0.3, 0.4) is 0 Å². The summed E-state index contributed by atoms with van der Waals surface area (Å²) in [6.45, 7) is 0.352. The van der Waals surface area contributed by atoms with E-state index < -0.39 is 5.63 Å². The van der Waals surface area contributed by atoms with E-state index in [4.69, 9.17) is 13.9 Å². The normalized spacial score (nSPS) is 10.4. The summed E-state index contributed by atoms with van der Waals surface area (Å²) in [5.74, 6) is 1.09. The number of hydrogen-bond acceptors (Lipinski definition) is 5. The molecule has 0 spiro atoms. The number of hydrogen-bond donors (Lipinski definition) is 0. The number of carbonyl (C=O) groups excluding carboxylic acids is 1. The Balaban J connectivity index is 2.13. The van der Waals surface area contributed by atoms with Gasteiger partial charge in [0.05, 0.1) is 12.7 Å². The standard InChI is InChI=1S/C17H12O5/c1-20-13-4-2-11(3-5-13)15-9-12-8-14(21-10-18)6-7-16(12)22-17(15)19/h2-10H,1H3. The van der Waals surface area contributed by atoms with Crippen molar-refractivity contribution in [1.82, 2.24) is 0 Å². The van der Waals surface area contributed by atoms with Crippen LogP contribution in [0.15, 0.2) is 57.7 Å². The molecule has 22 heavy (non-hydrogen) atoms. The zero-order chi connectivity index (χ0) is 15.5. The van der Waals surface area contributed by atoms with Gasteiger partial charge in [0.1, 0.15) is 17.1 Å². The van der Waals surface area contributed by atoms with Crippen molar-refractivity contribution in [1.29, 1.82) is 0 Å². The maximum Gasteiger partial charge on any atom is 0.344 e. The van der Waals surface area contributed by atoms with E-state index in [2.05, 4.69) is 0 Å². The van der Waals surface area contributed by atoms with Gasteiger partial charge in [-0.25, -0.2) is 4.79 Å². The molecule has 0 fully saturated rings. The second kappa shape index (κ2) is 5.73. The van der Waals surface area contributed by atoms with Crippen molar-refractivity contribution < 1.29 is 18.7 Å². The van der Waals surface area contributed by atoms with Gasteiger partial charge in [0, 0.05) is 5.39 Å². The molecule has 0 bridgehead atoms. The molecule has 110 valence electrons. The summed E-state index contributed by atoms with van der Waals surface area (Å²) in [7, 11) is 1.58. The first kappa shape index (κ1) is 13.9. The van der Waals surface area contributed by atoms with Crippen LogP contribution in [0.25, 0.3) is 22.1 Å². The highest BCUT2D eigenvalue weighted by Gasteiger charge is 2.09. The predicted octanol–water partition coefficient (Wildman–Crippen LogP) is 3.00. The van der Waals surface area contributed by atoms with Gasteiger partial charge in [-0.3, -0.25) is 4.79 Å². The van der Waals surface area contributed by atoms with Gasteiger partial charge in [-0.15, -0.1) is 0 Å². The van der Waals surface area contributed by atoms with Crippen LogP contribution in [0, 0.1) is 0 Å². The highest BCUT2D eigenvalue weighted by atomic mass is 16.5. The van der Waals surface area contributed by atoms with E-state index >= 15 is 0 Å². The van der Waals surface area contributed by atoms with Gasteiger partial charge >= 0.3 is 5.63 Å². The second-order valence-corrected chi connectivity index (χ2v) is 4.59. The molecular formula is C17H12O5. The van der Waals surface area contributed by atoms with E-state index in [0.29, 0.717) is 34.5 Å². The summed E-state index contributed by atoms with van der Waals surface area (Å²) in [5, 5.41) is 0.671. The molecule has 3 aromatic rings. The van der Waals surface area contributed by atoms with Crippen molar-refractivity contribution in [2.45, 2.75) is 0 Å². The fourth-order valence-corrected chi connectivity index (χ4v) is 2.20. The number of carbonyl (C=O) groups is 1. The Labute approximate surface area is 125 Å². The molecule has 0 aliphatic heterocycles. The van der Waals surface area contributed by atoms with E-state index in [9.17, 15) is 9.59 Å².